The first-order chi connectivity index (χ1) is 18.3. The molecule has 0 bridgehead atoms. The molecule has 2 aliphatic heterocycles. The van der Waals surface area contributed by atoms with Crippen molar-refractivity contribution in [1.82, 2.24) is 14.8 Å². The number of nitrogens with two attached hydrogens (primary N) is 1. The van der Waals surface area contributed by atoms with Crippen LogP contribution in [0.5, 0.6) is 0 Å². The third kappa shape index (κ3) is 5.01. The largest absolute Gasteiger partial charge is 0.390 e. The van der Waals surface area contributed by atoms with Crippen LogP contribution in [0.15, 0.2) is 88.4 Å². The van der Waals surface area contributed by atoms with E-state index in [-0.39, 0.29) is 22.8 Å². The van der Waals surface area contributed by atoms with E-state index < -0.39 is 0 Å². The first kappa shape index (κ1) is 25.5. The molecule has 3 aromatic rings. The highest BCUT2D eigenvalue weighted by molar-refractivity contribution is 5.96. The van der Waals surface area contributed by atoms with Gasteiger partial charge in [-0.15, -0.1) is 0 Å². The number of H-pyrrole nitrogens is 1. The number of fused-ring (bicyclic) bond motifs is 2. The Morgan fingerprint density at radius 3 is 2.58 bits per heavy atom. The second-order valence-electron chi connectivity index (χ2n) is 10.9. The number of amides is 1. The number of piperidine rings is 1. The maximum atomic E-state index is 13.4. The summed E-state index contributed by atoms with van der Waals surface area (Å²) in [5, 5.41) is 1.04. The third-order valence-corrected chi connectivity index (χ3v) is 7.81. The summed E-state index contributed by atoms with van der Waals surface area (Å²) in [5.74, 6) is 0.673. The van der Waals surface area contributed by atoms with Crippen molar-refractivity contribution in [2.24, 2.45) is 10.7 Å². The van der Waals surface area contributed by atoms with E-state index in [9.17, 15) is 9.59 Å². The number of likely N-dealkylation sites (tertiary alicyclic amines) is 1. The zero-order valence-corrected chi connectivity index (χ0v) is 22.1. The molecule has 7 heteroatoms. The Balaban J connectivity index is 1.29. The Labute approximate surface area is 223 Å². The minimum absolute atomic E-state index is 0.0251. The van der Waals surface area contributed by atoms with Crippen molar-refractivity contribution in [3.05, 3.63) is 106 Å². The number of aliphatic imine (C=N–C) groups is 1. The average Bonchev–Trinajstić information content (AvgIpc) is 2.91. The van der Waals surface area contributed by atoms with Crippen LogP contribution >= 0.6 is 0 Å². The van der Waals surface area contributed by atoms with Crippen LogP contribution in [-0.2, 0) is 16.8 Å². The number of nitrogens with zero attached hydrogens (tertiary/aromatic N) is 3. The maximum absolute atomic E-state index is 13.4. The van der Waals surface area contributed by atoms with Gasteiger partial charge in [0.1, 0.15) is 5.82 Å². The molecule has 0 spiro atoms. The van der Waals surface area contributed by atoms with E-state index in [0.717, 1.165) is 29.3 Å². The summed E-state index contributed by atoms with van der Waals surface area (Å²) in [6.07, 6.45) is 4.60. The van der Waals surface area contributed by atoms with E-state index >= 15 is 0 Å². The predicted octanol–water partition coefficient (Wildman–Crippen LogP) is 4.41. The normalized spacial score (nSPS) is 18.1. The standard InChI is InChI=1S/C31H35N5O2/c1-21(30(38)36-18-24-9-4-6-10-26(24)31(2,3)19-36)16-28(33-20-32)35-14-12-22(13-15-35)25-17-23-8-5-7-11-27(23)34-29(25)37/h4-11,16-17,20,22H,1,12-15,18-19H2,2-3H3,(H2,32,33)(H,34,37)/b28-16+. The molecule has 7 nitrogen and oxygen atoms in total. The number of rotatable bonds is 5. The van der Waals surface area contributed by atoms with Gasteiger partial charge in [-0.2, -0.15) is 0 Å². The van der Waals surface area contributed by atoms with Crippen molar-refractivity contribution in [3.63, 3.8) is 0 Å². The molecule has 1 fully saturated rings. The summed E-state index contributed by atoms with van der Waals surface area (Å²) in [7, 11) is 0. The van der Waals surface area contributed by atoms with Gasteiger partial charge in [-0.3, -0.25) is 9.59 Å². The summed E-state index contributed by atoms with van der Waals surface area (Å²) < 4.78 is 0. The van der Waals surface area contributed by atoms with Gasteiger partial charge in [-0.1, -0.05) is 62.9 Å². The summed E-state index contributed by atoms with van der Waals surface area (Å²) >= 11 is 0. The number of aromatic amines is 1. The smallest absolute Gasteiger partial charge is 0.253 e. The molecular formula is C31H35N5O2. The Hall–Kier alpha value is -4.13. The minimum Gasteiger partial charge on any atom is -0.390 e. The van der Waals surface area contributed by atoms with Crippen LogP contribution in [0.3, 0.4) is 0 Å². The predicted molar refractivity (Wildman–Crippen MR) is 153 cm³/mol. The van der Waals surface area contributed by atoms with Crippen molar-refractivity contribution >= 4 is 23.1 Å². The minimum atomic E-state index is -0.144. The van der Waals surface area contributed by atoms with Gasteiger partial charge in [0.15, 0.2) is 0 Å². The van der Waals surface area contributed by atoms with Crippen LogP contribution in [0.2, 0.25) is 0 Å². The number of carbonyl (C=O) groups excluding carboxylic acids is 1. The zero-order valence-electron chi connectivity index (χ0n) is 22.1. The van der Waals surface area contributed by atoms with E-state index in [0.29, 0.717) is 37.6 Å². The molecular weight excluding hydrogens is 474 g/mol. The molecule has 38 heavy (non-hydrogen) atoms. The van der Waals surface area contributed by atoms with Gasteiger partial charge >= 0.3 is 0 Å². The molecule has 3 heterocycles. The van der Waals surface area contributed by atoms with E-state index in [1.54, 1.807) is 6.08 Å². The molecule has 0 saturated carbocycles. The molecule has 0 unspecified atom stereocenters. The SMILES string of the molecule is C=C(/C=C(\N=C/N)N1CCC(c2cc3ccccc3[nH]c2=O)CC1)C(=O)N1Cc2ccccc2C(C)(C)C1. The number of para-hydroxylation sites is 1. The van der Waals surface area contributed by atoms with E-state index in [1.165, 1.54) is 17.5 Å². The van der Waals surface area contributed by atoms with Gasteiger partial charge in [-0.05, 0) is 53.5 Å². The molecule has 0 atom stereocenters. The van der Waals surface area contributed by atoms with Gasteiger partial charge in [0.05, 0.1) is 6.34 Å². The Bertz CT molecular complexity index is 1490. The Morgan fingerprint density at radius 1 is 1.11 bits per heavy atom. The van der Waals surface area contributed by atoms with Crippen LogP contribution in [0.4, 0.5) is 0 Å². The monoisotopic (exact) mass is 509 g/mol. The first-order valence-electron chi connectivity index (χ1n) is 13.2. The molecule has 196 valence electrons. The van der Waals surface area contributed by atoms with E-state index in [2.05, 4.69) is 53.5 Å². The molecule has 5 rings (SSSR count). The highest BCUT2D eigenvalue weighted by atomic mass is 16.2. The quantitative estimate of drug-likeness (QED) is 0.231. The topological polar surface area (TPSA) is 94.8 Å². The fraction of sp³-hybridized carbons (Fsp3) is 0.323. The number of carbonyl (C=O) groups is 1. The highest BCUT2D eigenvalue weighted by Gasteiger charge is 2.34. The van der Waals surface area contributed by atoms with Gasteiger partial charge in [0.2, 0.25) is 0 Å². The molecule has 0 radical (unpaired) electrons. The van der Waals surface area contributed by atoms with Gasteiger partial charge < -0.3 is 20.5 Å². The zero-order chi connectivity index (χ0) is 26.9. The number of benzene rings is 2. The third-order valence-electron chi connectivity index (χ3n) is 7.81. The van der Waals surface area contributed by atoms with Crippen molar-refractivity contribution in [3.8, 4) is 0 Å². The number of hydrogen-bond acceptors (Lipinski definition) is 4. The lowest BCUT2D eigenvalue weighted by Gasteiger charge is -2.40. The van der Waals surface area contributed by atoms with E-state index in [4.69, 9.17) is 5.73 Å². The molecule has 0 aliphatic carbocycles. The maximum Gasteiger partial charge on any atom is 0.253 e. The fourth-order valence-corrected chi connectivity index (χ4v) is 5.88. The van der Waals surface area contributed by atoms with Crippen LogP contribution in [0, 0.1) is 0 Å². The number of nitrogens with one attached hydrogen (secondary N) is 1. The van der Waals surface area contributed by atoms with Crippen LogP contribution in [-0.4, -0.2) is 46.7 Å². The lowest BCUT2D eigenvalue weighted by Crippen LogP contribution is -2.45. The Kier molecular flexibility index (Phi) is 6.93. The van der Waals surface area contributed by atoms with Crippen molar-refractivity contribution in [2.75, 3.05) is 19.6 Å². The molecule has 1 amide bonds. The highest BCUT2D eigenvalue weighted by Crippen LogP contribution is 2.34. The lowest BCUT2D eigenvalue weighted by atomic mass is 9.78. The first-order valence-corrected chi connectivity index (χ1v) is 13.2. The summed E-state index contributed by atoms with van der Waals surface area (Å²) in [5.41, 5.74) is 10.0. The van der Waals surface area contributed by atoms with Gasteiger partial charge in [-0.25, -0.2) is 4.99 Å². The van der Waals surface area contributed by atoms with Crippen molar-refractivity contribution in [2.45, 2.75) is 44.6 Å². The fourth-order valence-electron chi connectivity index (χ4n) is 5.88. The summed E-state index contributed by atoms with van der Waals surface area (Å²) in [4.78, 5) is 37.6. The molecule has 1 aromatic heterocycles. The number of hydrogen-bond donors (Lipinski definition) is 2. The van der Waals surface area contributed by atoms with Crippen molar-refractivity contribution in [1.29, 1.82) is 0 Å². The summed E-state index contributed by atoms with van der Waals surface area (Å²) in [6, 6.07) is 18.2. The van der Waals surface area contributed by atoms with Crippen molar-refractivity contribution < 1.29 is 4.79 Å². The van der Waals surface area contributed by atoms with Crippen LogP contribution in [0.1, 0.15) is 49.3 Å². The molecule has 2 aromatic carbocycles. The van der Waals surface area contributed by atoms with Gasteiger partial charge in [0, 0.05) is 48.2 Å². The molecule has 1 saturated heterocycles. The number of aromatic nitrogens is 1. The van der Waals surface area contributed by atoms with Gasteiger partial charge in [0.25, 0.3) is 11.5 Å². The molecule has 3 N–H and O–H groups in total. The number of pyridine rings is 1. The molecule has 2 aliphatic rings. The second-order valence-corrected chi connectivity index (χ2v) is 10.9. The summed E-state index contributed by atoms with van der Waals surface area (Å²) in [6.45, 7) is 11.0. The second kappa shape index (κ2) is 10.3. The Morgan fingerprint density at radius 2 is 1.82 bits per heavy atom. The van der Waals surface area contributed by atoms with E-state index in [1.807, 2.05) is 41.3 Å². The van der Waals surface area contributed by atoms with Crippen LogP contribution in [0.25, 0.3) is 10.9 Å². The average molecular weight is 510 g/mol. The lowest BCUT2D eigenvalue weighted by molar-refractivity contribution is -0.128. The van der Waals surface area contributed by atoms with Crippen LogP contribution < -0.4 is 11.3 Å².